The second-order valence-electron chi connectivity index (χ2n) is 8.21. The van der Waals surface area contributed by atoms with E-state index < -0.39 is 5.97 Å². The molecule has 2 aromatic carbocycles. The van der Waals surface area contributed by atoms with E-state index in [1.807, 2.05) is 56.8 Å². The number of fused-ring (bicyclic) bond motifs is 1. The summed E-state index contributed by atoms with van der Waals surface area (Å²) in [6, 6.07) is 15.6. The summed E-state index contributed by atoms with van der Waals surface area (Å²) in [5, 5.41) is 10.6. The lowest BCUT2D eigenvalue weighted by molar-refractivity contribution is 0.0699. The van der Waals surface area contributed by atoms with Crippen LogP contribution in [0.25, 0.3) is 33.2 Å². The Morgan fingerprint density at radius 2 is 1.84 bits per heavy atom. The number of aromatic nitrogens is 2. The molecule has 0 aliphatic heterocycles. The number of pyridine rings is 1. The van der Waals surface area contributed by atoms with Crippen molar-refractivity contribution in [3.63, 3.8) is 0 Å². The van der Waals surface area contributed by atoms with Crippen LogP contribution in [0.3, 0.4) is 0 Å². The average Bonchev–Trinajstić information content (AvgIpc) is 3.17. The van der Waals surface area contributed by atoms with E-state index in [2.05, 4.69) is 27.4 Å². The van der Waals surface area contributed by atoms with Gasteiger partial charge in [-0.15, -0.1) is 0 Å². The van der Waals surface area contributed by atoms with Gasteiger partial charge >= 0.3 is 5.97 Å². The number of likely N-dealkylation sites (N-methyl/N-ethyl adjacent to an activating group) is 1. The first-order valence-electron chi connectivity index (χ1n) is 10.5. The Kier molecular flexibility index (Phi) is 5.97. The summed E-state index contributed by atoms with van der Waals surface area (Å²) in [5.74, 6) is -0.164. The zero-order chi connectivity index (χ0) is 22.8. The van der Waals surface area contributed by atoms with Gasteiger partial charge < -0.3 is 19.3 Å². The van der Waals surface area contributed by atoms with E-state index in [9.17, 15) is 9.90 Å². The van der Waals surface area contributed by atoms with Gasteiger partial charge in [-0.25, -0.2) is 4.79 Å². The van der Waals surface area contributed by atoms with Gasteiger partial charge in [0.05, 0.1) is 12.7 Å². The van der Waals surface area contributed by atoms with Crippen LogP contribution in [0.1, 0.15) is 17.3 Å². The number of hydrogen-bond donors (Lipinski definition) is 1. The Morgan fingerprint density at radius 1 is 1.09 bits per heavy atom. The summed E-state index contributed by atoms with van der Waals surface area (Å²) in [4.78, 5) is 18.7. The molecule has 0 saturated carbocycles. The van der Waals surface area contributed by atoms with Crippen molar-refractivity contribution in [1.29, 1.82) is 0 Å². The summed E-state index contributed by atoms with van der Waals surface area (Å²) in [6.07, 6.45) is 5.64. The molecule has 0 fully saturated rings. The predicted molar refractivity (Wildman–Crippen MR) is 127 cm³/mol. The number of aromatic carboxylic acids is 1. The van der Waals surface area contributed by atoms with Crippen molar-refractivity contribution in [2.24, 2.45) is 0 Å². The molecule has 2 aromatic heterocycles. The van der Waals surface area contributed by atoms with Gasteiger partial charge in [0.25, 0.3) is 0 Å². The molecular formula is C26H27N3O3. The van der Waals surface area contributed by atoms with Gasteiger partial charge in [0.1, 0.15) is 5.75 Å². The van der Waals surface area contributed by atoms with Crippen molar-refractivity contribution in [1.82, 2.24) is 14.5 Å². The molecule has 6 heteroatoms. The first-order valence-corrected chi connectivity index (χ1v) is 10.5. The Hall–Kier alpha value is -3.64. The fraction of sp³-hybridized carbons (Fsp3) is 0.231. The first-order chi connectivity index (χ1) is 15.4. The summed E-state index contributed by atoms with van der Waals surface area (Å²) in [5.41, 5.74) is 4.86. The highest BCUT2D eigenvalue weighted by Crippen LogP contribution is 2.35. The van der Waals surface area contributed by atoms with Crippen molar-refractivity contribution >= 4 is 16.9 Å². The average molecular weight is 430 g/mol. The van der Waals surface area contributed by atoms with Crippen LogP contribution in [0.2, 0.25) is 0 Å². The molecule has 6 nitrogen and oxygen atoms in total. The smallest absolute Gasteiger partial charge is 0.336 e. The number of nitrogens with zero attached hydrogens (tertiary/aromatic N) is 3. The number of benzene rings is 2. The predicted octanol–water partition coefficient (Wildman–Crippen LogP) is 5.03. The molecule has 4 rings (SSSR count). The Labute approximate surface area is 187 Å². The van der Waals surface area contributed by atoms with Crippen LogP contribution in [0, 0.1) is 0 Å². The van der Waals surface area contributed by atoms with E-state index in [0.717, 1.165) is 45.5 Å². The lowest BCUT2D eigenvalue weighted by atomic mass is 9.99. The number of hydrogen-bond acceptors (Lipinski definition) is 4. The van der Waals surface area contributed by atoms with E-state index in [4.69, 9.17) is 4.74 Å². The SMILES string of the molecule is COc1cccc(-c2cncc(-c3cn(CC(C)N(C)C)c4cccc(C(=O)O)c34)c2)c1. The standard InChI is InChI=1S/C26H27N3O3/c1-17(28(2)3)15-29-16-23(25-22(26(30)31)9-6-10-24(25)29)20-11-19(13-27-14-20)18-7-5-8-21(12-18)32-4/h5-14,16-17H,15H2,1-4H3,(H,30,31). The van der Waals surface area contributed by atoms with Gasteiger partial charge in [-0.1, -0.05) is 18.2 Å². The third-order valence-corrected chi connectivity index (χ3v) is 5.93. The van der Waals surface area contributed by atoms with Crippen LogP contribution in [-0.2, 0) is 6.54 Å². The fourth-order valence-corrected chi connectivity index (χ4v) is 3.90. The third-order valence-electron chi connectivity index (χ3n) is 5.93. The minimum Gasteiger partial charge on any atom is -0.497 e. The summed E-state index contributed by atoms with van der Waals surface area (Å²) < 4.78 is 7.50. The first kappa shape index (κ1) is 21.6. The maximum Gasteiger partial charge on any atom is 0.336 e. The minimum atomic E-state index is -0.938. The van der Waals surface area contributed by atoms with E-state index in [1.165, 1.54) is 0 Å². The summed E-state index contributed by atoms with van der Waals surface area (Å²) in [7, 11) is 5.73. The van der Waals surface area contributed by atoms with Crippen molar-refractivity contribution in [2.45, 2.75) is 19.5 Å². The van der Waals surface area contributed by atoms with Gasteiger partial charge in [-0.05, 0) is 56.9 Å². The maximum atomic E-state index is 12.1. The Balaban J connectivity index is 1.89. The Morgan fingerprint density at radius 3 is 2.56 bits per heavy atom. The van der Waals surface area contributed by atoms with E-state index in [0.29, 0.717) is 5.56 Å². The number of rotatable bonds is 7. The van der Waals surface area contributed by atoms with Crippen LogP contribution in [0.15, 0.2) is 67.1 Å². The highest BCUT2D eigenvalue weighted by molar-refractivity contribution is 6.09. The van der Waals surface area contributed by atoms with E-state index >= 15 is 0 Å². The zero-order valence-corrected chi connectivity index (χ0v) is 18.7. The molecule has 164 valence electrons. The second kappa shape index (κ2) is 8.85. The van der Waals surface area contributed by atoms with Crippen molar-refractivity contribution in [3.8, 4) is 28.0 Å². The number of carbonyl (C=O) groups is 1. The van der Waals surface area contributed by atoms with Crippen LogP contribution in [0.4, 0.5) is 0 Å². The van der Waals surface area contributed by atoms with Gasteiger partial charge in [-0.3, -0.25) is 4.98 Å². The molecule has 2 heterocycles. The number of carboxylic acids is 1. The van der Waals surface area contributed by atoms with Gasteiger partial charge in [-0.2, -0.15) is 0 Å². The highest BCUT2D eigenvalue weighted by Gasteiger charge is 2.19. The topological polar surface area (TPSA) is 67.6 Å². The summed E-state index contributed by atoms with van der Waals surface area (Å²) in [6.45, 7) is 2.90. The molecule has 0 spiro atoms. The molecule has 1 N–H and O–H groups in total. The normalized spacial score (nSPS) is 12.3. The number of carboxylic acid groups (broad SMARTS) is 1. The number of methoxy groups -OCH3 is 1. The van der Waals surface area contributed by atoms with Crippen LogP contribution >= 0.6 is 0 Å². The third kappa shape index (κ3) is 4.09. The maximum absolute atomic E-state index is 12.1. The number of ether oxygens (including phenoxy) is 1. The largest absolute Gasteiger partial charge is 0.497 e. The molecule has 0 aliphatic carbocycles. The molecule has 0 bridgehead atoms. The lowest BCUT2D eigenvalue weighted by Crippen LogP contribution is -2.28. The van der Waals surface area contributed by atoms with Gasteiger partial charge in [0, 0.05) is 58.8 Å². The van der Waals surface area contributed by atoms with Crippen LogP contribution in [0.5, 0.6) is 5.75 Å². The highest BCUT2D eigenvalue weighted by atomic mass is 16.5. The van der Waals surface area contributed by atoms with Gasteiger partial charge in [0.15, 0.2) is 0 Å². The monoisotopic (exact) mass is 429 g/mol. The van der Waals surface area contributed by atoms with E-state index in [-0.39, 0.29) is 6.04 Å². The van der Waals surface area contributed by atoms with Crippen LogP contribution in [-0.4, -0.2) is 52.8 Å². The molecule has 1 unspecified atom stereocenters. The van der Waals surface area contributed by atoms with Crippen molar-refractivity contribution in [2.75, 3.05) is 21.2 Å². The lowest BCUT2D eigenvalue weighted by Gasteiger charge is -2.20. The zero-order valence-electron chi connectivity index (χ0n) is 18.7. The molecule has 0 aliphatic rings. The van der Waals surface area contributed by atoms with Crippen molar-refractivity contribution < 1.29 is 14.6 Å². The molecule has 4 aromatic rings. The molecule has 0 amide bonds. The fourth-order valence-electron chi connectivity index (χ4n) is 3.90. The van der Waals surface area contributed by atoms with Crippen molar-refractivity contribution in [3.05, 3.63) is 72.7 Å². The molecule has 0 saturated heterocycles. The second-order valence-corrected chi connectivity index (χ2v) is 8.21. The minimum absolute atomic E-state index is 0.285. The molecule has 1 atom stereocenters. The van der Waals surface area contributed by atoms with E-state index in [1.54, 1.807) is 25.4 Å². The Bertz CT molecular complexity index is 1280. The summed E-state index contributed by atoms with van der Waals surface area (Å²) >= 11 is 0. The van der Waals surface area contributed by atoms with Gasteiger partial charge in [0.2, 0.25) is 0 Å². The molecule has 32 heavy (non-hydrogen) atoms. The molecule has 0 radical (unpaired) electrons. The molecular weight excluding hydrogens is 402 g/mol. The quantitative estimate of drug-likeness (QED) is 0.446. The van der Waals surface area contributed by atoms with Crippen LogP contribution < -0.4 is 4.74 Å².